The van der Waals surface area contributed by atoms with Crippen molar-refractivity contribution in [3.8, 4) is 0 Å². The standard InChI is InChI=1S/C29H27N3O3S/c1-20(33)35-26(21-18-30-32(2)19-21)25-27(34)31-28(25)36-29(22-12-6-3-7-13-22,23-14-8-4-9-15-23)24-16-10-5-11-17-24/h3-19,25-26,28H,1-2H3,(H,31,34). The van der Waals surface area contributed by atoms with Crippen molar-refractivity contribution >= 4 is 23.6 Å². The number of β-lactam (4-membered cyclic amide) rings is 1. The Kier molecular flexibility index (Phi) is 6.65. The summed E-state index contributed by atoms with van der Waals surface area (Å²) in [5.41, 5.74) is 3.98. The number of thioether (sulfide) groups is 1. The second-order valence-corrected chi connectivity index (χ2v) is 10.2. The SMILES string of the molecule is CC(=O)OC(c1cnn(C)c1)C1C(=O)NC1SC(c1ccccc1)(c1ccccc1)c1ccccc1. The lowest BCUT2D eigenvalue weighted by Crippen LogP contribution is -2.60. The number of esters is 1. The number of rotatable bonds is 8. The van der Waals surface area contributed by atoms with E-state index in [1.807, 2.05) is 54.6 Å². The fourth-order valence-corrected chi connectivity index (χ4v) is 6.58. The van der Waals surface area contributed by atoms with E-state index < -0.39 is 22.7 Å². The van der Waals surface area contributed by atoms with Crippen LogP contribution >= 0.6 is 11.8 Å². The van der Waals surface area contributed by atoms with Crippen LogP contribution in [-0.4, -0.2) is 27.0 Å². The molecule has 7 heteroatoms. The highest BCUT2D eigenvalue weighted by atomic mass is 32.2. The van der Waals surface area contributed by atoms with Gasteiger partial charge in [-0.25, -0.2) is 0 Å². The number of hydrogen-bond donors (Lipinski definition) is 1. The Morgan fingerprint density at radius 2 is 1.44 bits per heavy atom. The van der Waals surface area contributed by atoms with Crippen LogP contribution in [0, 0.1) is 5.92 Å². The van der Waals surface area contributed by atoms with Crippen molar-refractivity contribution in [2.45, 2.75) is 23.1 Å². The number of nitrogens with zero attached hydrogens (tertiary/aromatic N) is 2. The highest BCUT2D eigenvalue weighted by Gasteiger charge is 2.52. The number of carbonyl (C=O) groups is 2. The molecule has 1 amide bonds. The van der Waals surface area contributed by atoms with E-state index in [2.05, 4.69) is 46.8 Å². The Labute approximate surface area is 214 Å². The molecule has 36 heavy (non-hydrogen) atoms. The molecule has 182 valence electrons. The van der Waals surface area contributed by atoms with Crippen LogP contribution in [0.15, 0.2) is 103 Å². The van der Waals surface area contributed by atoms with Crippen molar-refractivity contribution in [2.75, 3.05) is 0 Å². The molecule has 0 spiro atoms. The highest BCUT2D eigenvalue weighted by molar-refractivity contribution is 8.01. The van der Waals surface area contributed by atoms with Gasteiger partial charge in [0.1, 0.15) is 12.0 Å². The molecule has 6 nitrogen and oxygen atoms in total. The molecule has 5 rings (SSSR count). The van der Waals surface area contributed by atoms with Crippen LogP contribution in [0.4, 0.5) is 0 Å². The summed E-state index contributed by atoms with van der Waals surface area (Å²) in [5.74, 6) is -1.16. The molecule has 1 fully saturated rings. The Balaban J connectivity index is 1.63. The molecule has 2 heterocycles. The Morgan fingerprint density at radius 3 is 1.83 bits per heavy atom. The maximum atomic E-state index is 13.0. The van der Waals surface area contributed by atoms with Crippen LogP contribution in [0.1, 0.15) is 35.3 Å². The van der Waals surface area contributed by atoms with Gasteiger partial charge in [0.05, 0.1) is 16.3 Å². The monoisotopic (exact) mass is 497 g/mol. The first-order valence-corrected chi connectivity index (χ1v) is 12.7. The molecule has 0 aliphatic carbocycles. The van der Waals surface area contributed by atoms with E-state index in [9.17, 15) is 9.59 Å². The second-order valence-electron chi connectivity index (χ2n) is 8.83. The van der Waals surface area contributed by atoms with Crippen molar-refractivity contribution in [2.24, 2.45) is 13.0 Å². The zero-order valence-corrected chi connectivity index (χ0v) is 20.9. The van der Waals surface area contributed by atoms with Crippen LogP contribution in [0.3, 0.4) is 0 Å². The first-order valence-electron chi connectivity index (χ1n) is 11.8. The molecule has 0 radical (unpaired) electrons. The summed E-state index contributed by atoms with van der Waals surface area (Å²) in [6.45, 7) is 1.37. The first kappa shape index (κ1) is 23.9. The van der Waals surface area contributed by atoms with Crippen molar-refractivity contribution in [3.63, 3.8) is 0 Å². The van der Waals surface area contributed by atoms with Gasteiger partial charge in [-0.15, -0.1) is 11.8 Å². The zero-order valence-electron chi connectivity index (χ0n) is 20.1. The molecular formula is C29H27N3O3S. The Hall–Kier alpha value is -3.84. The smallest absolute Gasteiger partial charge is 0.303 e. The van der Waals surface area contributed by atoms with Crippen LogP contribution in [0.2, 0.25) is 0 Å². The maximum absolute atomic E-state index is 13.0. The fourth-order valence-electron chi connectivity index (χ4n) is 4.79. The number of carbonyl (C=O) groups excluding carboxylic acids is 2. The summed E-state index contributed by atoms with van der Waals surface area (Å²) in [7, 11) is 1.80. The number of hydrogen-bond acceptors (Lipinski definition) is 5. The average Bonchev–Trinajstić information content (AvgIpc) is 3.33. The van der Waals surface area contributed by atoms with Crippen LogP contribution in [0.25, 0.3) is 0 Å². The largest absolute Gasteiger partial charge is 0.457 e. The molecule has 1 aromatic heterocycles. The minimum Gasteiger partial charge on any atom is -0.457 e. The number of aromatic nitrogens is 2. The second kappa shape index (κ2) is 10.0. The summed E-state index contributed by atoms with van der Waals surface area (Å²) in [6, 6.07) is 30.9. The normalized spacial score (nSPS) is 18.1. The van der Waals surface area contributed by atoms with Gasteiger partial charge in [0.25, 0.3) is 0 Å². The van der Waals surface area contributed by atoms with E-state index >= 15 is 0 Å². The van der Waals surface area contributed by atoms with Gasteiger partial charge in [-0.1, -0.05) is 91.0 Å². The quantitative estimate of drug-likeness (QED) is 0.215. The molecule has 1 aliphatic heterocycles. The van der Waals surface area contributed by atoms with Gasteiger partial charge >= 0.3 is 5.97 Å². The van der Waals surface area contributed by atoms with E-state index in [1.165, 1.54) is 6.92 Å². The summed E-state index contributed by atoms with van der Waals surface area (Å²) >= 11 is 1.66. The molecule has 3 aromatic carbocycles. The van der Waals surface area contributed by atoms with Gasteiger partial charge in [0, 0.05) is 25.7 Å². The number of ether oxygens (including phenoxy) is 1. The van der Waals surface area contributed by atoms with E-state index in [4.69, 9.17) is 4.74 Å². The van der Waals surface area contributed by atoms with Crippen molar-refractivity contribution < 1.29 is 14.3 Å². The molecule has 1 saturated heterocycles. The molecule has 4 aromatic rings. The molecule has 0 saturated carbocycles. The maximum Gasteiger partial charge on any atom is 0.303 e. The third kappa shape index (κ3) is 4.42. The topological polar surface area (TPSA) is 73.2 Å². The summed E-state index contributed by atoms with van der Waals surface area (Å²) < 4.78 is 6.75. The van der Waals surface area contributed by atoms with Gasteiger partial charge in [0.15, 0.2) is 0 Å². The average molecular weight is 498 g/mol. The lowest BCUT2D eigenvalue weighted by molar-refractivity contribution is -0.156. The van der Waals surface area contributed by atoms with Gasteiger partial charge < -0.3 is 10.1 Å². The molecule has 3 atom stereocenters. The zero-order chi connectivity index (χ0) is 25.1. The molecule has 1 N–H and O–H groups in total. The number of aryl methyl sites for hydroxylation is 1. The van der Waals surface area contributed by atoms with E-state index in [0.717, 1.165) is 16.7 Å². The third-order valence-corrected chi connectivity index (χ3v) is 8.16. The summed E-state index contributed by atoms with van der Waals surface area (Å²) in [4.78, 5) is 25.1. The van der Waals surface area contributed by atoms with E-state index in [0.29, 0.717) is 5.56 Å². The predicted molar refractivity (Wildman–Crippen MR) is 140 cm³/mol. The van der Waals surface area contributed by atoms with Crippen molar-refractivity contribution in [1.82, 2.24) is 15.1 Å². The number of benzene rings is 3. The van der Waals surface area contributed by atoms with Crippen molar-refractivity contribution in [1.29, 1.82) is 0 Å². The number of nitrogens with one attached hydrogen (secondary N) is 1. The fraction of sp³-hybridized carbons (Fsp3) is 0.207. The van der Waals surface area contributed by atoms with Crippen molar-refractivity contribution in [3.05, 3.63) is 126 Å². The minimum absolute atomic E-state index is 0.148. The first-order chi connectivity index (χ1) is 17.5. The van der Waals surface area contributed by atoms with Crippen LogP contribution < -0.4 is 5.32 Å². The molecule has 3 unspecified atom stereocenters. The van der Waals surface area contributed by atoms with E-state index in [-0.39, 0.29) is 11.3 Å². The van der Waals surface area contributed by atoms with Crippen LogP contribution in [0.5, 0.6) is 0 Å². The summed E-state index contributed by atoms with van der Waals surface area (Å²) in [5, 5.41) is 7.02. The van der Waals surface area contributed by atoms with E-state index in [1.54, 1.807) is 35.9 Å². The molecule has 1 aliphatic rings. The van der Waals surface area contributed by atoms with Gasteiger partial charge in [-0.05, 0) is 16.7 Å². The van der Waals surface area contributed by atoms with Gasteiger partial charge in [-0.3, -0.25) is 14.3 Å². The predicted octanol–water partition coefficient (Wildman–Crippen LogP) is 4.82. The molecule has 0 bridgehead atoms. The number of amides is 1. The lowest BCUT2D eigenvalue weighted by Gasteiger charge is -2.46. The minimum atomic E-state index is -0.734. The Morgan fingerprint density at radius 1 is 0.944 bits per heavy atom. The lowest BCUT2D eigenvalue weighted by atomic mass is 9.84. The summed E-state index contributed by atoms with van der Waals surface area (Å²) in [6.07, 6.45) is 2.71. The highest BCUT2D eigenvalue weighted by Crippen LogP contribution is 2.53. The van der Waals surface area contributed by atoms with Gasteiger partial charge in [0.2, 0.25) is 5.91 Å². The van der Waals surface area contributed by atoms with Crippen LogP contribution in [-0.2, 0) is 26.1 Å². The Bertz CT molecular complexity index is 1250. The molecular weight excluding hydrogens is 470 g/mol. The van der Waals surface area contributed by atoms with Gasteiger partial charge in [-0.2, -0.15) is 5.10 Å². The third-order valence-electron chi connectivity index (χ3n) is 6.43.